The Balaban J connectivity index is 1.57. The number of hydrogen-bond donors (Lipinski definition) is 0. The van der Waals surface area contributed by atoms with E-state index in [9.17, 15) is 4.79 Å². The lowest BCUT2D eigenvalue weighted by atomic mass is 9.95. The number of pyridine rings is 1. The fraction of sp³-hybridized carbons (Fsp3) is 0.129. The van der Waals surface area contributed by atoms with Gasteiger partial charge in [0, 0.05) is 37.3 Å². The van der Waals surface area contributed by atoms with E-state index in [1.54, 1.807) is 10.6 Å². The average molecular weight is 486 g/mol. The van der Waals surface area contributed by atoms with Crippen molar-refractivity contribution in [2.45, 2.75) is 13.0 Å². The van der Waals surface area contributed by atoms with Crippen molar-refractivity contribution in [2.75, 3.05) is 0 Å². The highest BCUT2D eigenvalue weighted by atomic mass is 16.1. The molecule has 0 saturated carbocycles. The van der Waals surface area contributed by atoms with Crippen LogP contribution in [-0.2, 0) is 14.1 Å². The molecule has 0 radical (unpaired) electrons. The maximum atomic E-state index is 12.9. The fourth-order valence-electron chi connectivity index (χ4n) is 5.06. The van der Waals surface area contributed by atoms with Gasteiger partial charge in [-0.05, 0) is 35.7 Å². The van der Waals surface area contributed by atoms with E-state index in [2.05, 4.69) is 65.1 Å². The number of hydrogen-bond acceptors (Lipinski definition) is 3. The molecule has 3 heterocycles. The molecule has 6 rings (SSSR count). The van der Waals surface area contributed by atoms with Gasteiger partial charge in [-0.1, -0.05) is 66.2 Å². The van der Waals surface area contributed by atoms with Crippen LogP contribution in [0.15, 0.2) is 109 Å². The van der Waals surface area contributed by atoms with Crippen LogP contribution < -0.4 is 5.56 Å². The van der Waals surface area contributed by atoms with Gasteiger partial charge in [0.1, 0.15) is 6.04 Å². The molecular formula is C31H27N5O. The third-order valence-corrected chi connectivity index (χ3v) is 7.02. The predicted molar refractivity (Wildman–Crippen MR) is 147 cm³/mol. The highest BCUT2D eigenvalue weighted by Crippen LogP contribution is 2.34. The van der Waals surface area contributed by atoms with Gasteiger partial charge >= 0.3 is 0 Å². The van der Waals surface area contributed by atoms with Crippen molar-refractivity contribution in [3.05, 3.63) is 131 Å². The van der Waals surface area contributed by atoms with Crippen LogP contribution in [0, 0.1) is 6.92 Å². The van der Waals surface area contributed by atoms with Gasteiger partial charge < -0.3 is 13.7 Å². The second-order valence-corrected chi connectivity index (χ2v) is 9.51. The van der Waals surface area contributed by atoms with E-state index in [0.29, 0.717) is 0 Å². The molecule has 3 aromatic heterocycles. The first kappa shape index (κ1) is 22.7. The van der Waals surface area contributed by atoms with Crippen molar-refractivity contribution in [2.24, 2.45) is 14.1 Å². The molecule has 0 fully saturated rings. The van der Waals surface area contributed by atoms with Gasteiger partial charge in [-0.3, -0.25) is 4.79 Å². The van der Waals surface area contributed by atoms with Crippen molar-refractivity contribution in [1.29, 1.82) is 0 Å². The van der Waals surface area contributed by atoms with Gasteiger partial charge in [0.2, 0.25) is 0 Å². The standard InChI is InChI=1S/C31H27N5O/c1-21-8-7-11-23(14-21)25-16-30(37)35(3)28-13-12-24(15-26(25)28)31(29-17-32-19-34(29)2)36-18-27(33-20-36)22-9-5-4-6-10-22/h4-20,31H,1-3H3. The van der Waals surface area contributed by atoms with Gasteiger partial charge in [-0.2, -0.15) is 0 Å². The van der Waals surface area contributed by atoms with E-state index in [0.717, 1.165) is 50.1 Å². The minimum Gasteiger partial charge on any atom is -0.336 e. The number of nitrogens with zero attached hydrogens (tertiary/aromatic N) is 5. The van der Waals surface area contributed by atoms with Crippen molar-refractivity contribution < 1.29 is 0 Å². The maximum Gasteiger partial charge on any atom is 0.251 e. The highest BCUT2D eigenvalue weighted by Gasteiger charge is 2.22. The summed E-state index contributed by atoms with van der Waals surface area (Å²) in [5.41, 5.74) is 8.10. The summed E-state index contributed by atoms with van der Waals surface area (Å²) >= 11 is 0. The first-order chi connectivity index (χ1) is 18.0. The van der Waals surface area contributed by atoms with Gasteiger partial charge in [0.15, 0.2) is 0 Å². The van der Waals surface area contributed by atoms with Crippen molar-refractivity contribution >= 4 is 10.9 Å². The molecule has 0 aliphatic rings. The molecule has 37 heavy (non-hydrogen) atoms. The van der Waals surface area contributed by atoms with Crippen LogP contribution in [-0.4, -0.2) is 23.7 Å². The minimum absolute atomic E-state index is 0.0259. The van der Waals surface area contributed by atoms with Gasteiger partial charge in [0.25, 0.3) is 5.56 Å². The summed E-state index contributed by atoms with van der Waals surface area (Å²) in [6.45, 7) is 2.07. The molecule has 0 spiro atoms. The number of aromatic nitrogens is 5. The van der Waals surface area contributed by atoms with Crippen LogP contribution >= 0.6 is 0 Å². The summed E-state index contributed by atoms with van der Waals surface area (Å²) in [7, 11) is 3.83. The van der Waals surface area contributed by atoms with E-state index in [4.69, 9.17) is 4.98 Å². The Morgan fingerprint density at radius 3 is 2.41 bits per heavy atom. The second kappa shape index (κ2) is 9.06. The molecule has 3 aromatic carbocycles. The summed E-state index contributed by atoms with van der Waals surface area (Å²) in [5.74, 6) is 0. The molecule has 0 aliphatic carbocycles. The summed E-state index contributed by atoms with van der Waals surface area (Å²) in [4.78, 5) is 22.0. The Hall–Kier alpha value is -4.71. The number of benzene rings is 3. The second-order valence-electron chi connectivity index (χ2n) is 9.51. The number of aryl methyl sites for hydroxylation is 3. The molecular weight excluding hydrogens is 458 g/mol. The minimum atomic E-state index is -0.149. The van der Waals surface area contributed by atoms with Crippen LogP contribution in [0.4, 0.5) is 0 Å². The smallest absolute Gasteiger partial charge is 0.251 e. The molecule has 0 aliphatic heterocycles. The lowest BCUT2D eigenvalue weighted by molar-refractivity contribution is 0.628. The molecule has 182 valence electrons. The quantitative estimate of drug-likeness (QED) is 0.312. The van der Waals surface area contributed by atoms with E-state index in [-0.39, 0.29) is 11.6 Å². The highest BCUT2D eigenvalue weighted by molar-refractivity contribution is 5.95. The van der Waals surface area contributed by atoms with Gasteiger partial charge in [-0.25, -0.2) is 9.97 Å². The topological polar surface area (TPSA) is 57.6 Å². The predicted octanol–water partition coefficient (Wildman–Crippen LogP) is 5.75. The summed E-state index contributed by atoms with van der Waals surface area (Å²) in [5, 5.41) is 1.03. The Labute approximate surface area is 215 Å². The van der Waals surface area contributed by atoms with Crippen LogP contribution in [0.1, 0.15) is 22.9 Å². The lowest BCUT2D eigenvalue weighted by Gasteiger charge is -2.21. The fourth-order valence-corrected chi connectivity index (χ4v) is 5.06. The largest absolute Gasteiger partial charge is 0.336 e. The lowest BCUT2D eigenvalue weighted by Crippen LogP contribution is -2.17. The average Bonchev–Trinajstić information content (AvgIpc) is 3.57. The zero-order valence-electron chi connectivity index (χ0n) is 21.0. The molecule has 0 amide bonds. The van der Waals surface area contributed by atoms with Crippen molar-refractivity contribution in [3.8, 4) is 22.4 Å². The zero-order valence-corrected chi connectivity index (χ0v) is 21.0. The molecule has 6 aromatic rings. The van der Waals surface area contributed by atoms with Gasteiger partial charge in [-0.15, -0.1) is 0 Å². The molecule has 0 saturated heterocycles. The molecule has 6 heteroatoms. The summed E-state index contributed by atoms with van der Waals surface area (Å²) in [6, 6.07) is 26.4. The monoisotopic (exact) mass is 485 g/mol. The van der Waals surface area contributed by atoms with Crippen LogP contribution in [0.2, 0.25) is 0 Å². The molecule has 0 bridgehead atoms. The van der Waals surface area contributed by atoms with Crippen molar-refractivity contribution in [3.63, 3.8) is 0 Å². The summed E-state index contributed by atoms with van der Waals surface area (Å²) in [6.07, 6.45) is 7.69. The maximum absolute atomic E-state index is 12.9. The Bertz CT molecular complexity index is 1790. The molecule has 1 unspecified atom stereocenters. The van der Waals surface area contributed by atoms with Crippen LogP contribution in [0.3, 0.4) is 0 Å². The van der Waals surface area contributed by atoms with E-state index < -0.39 is 0 Å². The van der Waals surface area contributed by atoms with E-state index in [1.165, 1.54) is 0 Å². The Morgan fingerprint density at radius 2 is 1.65 bits per heavy atom. The van der Waals surface area contributed by atoms with E-state index >= 15 is 0 Å². The molecule has 6 nitrogen and oxygen atoms in total. The summed E-state index contributed by atoms with van der Waals surface area (Å²) < 4.78 is 5.89. The third-order valence-electron chi connectivity index (χ3n) is 7.02. The zero-order chi connectivity index (χ0) is 25.5. The number of imidazole rings is 2. The number of fused-ring (bicyclic) bond motifs is 1. The van der Waals surface area contributed by atoms with Gasteiger partial charge in [0.05, 0.1) is 35.8 Å². The Morgan fingerprint density at radius 1 is 0.838 bits per heavy atom. The van der Waals surface area contributed by atoms with Crippen molar-refractivity contribution in [1.82, 2.24) is 23.7 Å². The molecule has 1 atom stereocenters. The van der Waals surface area contributed by atoms with E-state index in [1.807, 2.05) is 67.8 Å². The first-order valence-electron chi connectivity index (χ1n) is 12.3. The Kier molecular flexibility index (Phi) is 5.57. The third kappa shape index (κ3) is 4.06. The van der Waals surface area contributed by atoms with Crippen LogP contribution in [0.5, 0.6) is 0 Å². The normalized spacial score (nSPS) is 12.2. The first-order valence-corrected chi connectivity index (χ1v) is 12.3. The molecule has 0 N–H and O–H groups in total. The number of rotatable bonds is 5. The SMILES string of the molecule is Cc1cccc(-c2cc(=O)n(C)c3ccc(C(c4cncn4C)n4cnc(-c5ccccc5)c4)cc23)c1. The van der Waals surface area contributed by atoms with Crippen LogP contribution in [0.25, 0.3) is 33.3 Å².